The summed E-state index contributed by atoms with van der Waals surface area (Å²) >= 11 is 6.50. The van der Waals surface area contributed by atoms with Crippen LogP contribution in [0, 0.1) is 5.41 Å². The van der Waals surface area contributed by atoms with Gasteiger partial charge < -0.3 is 20.3 Å². The van der Waals surface area contributed by atoms with Gasteiger partial charge in [-0.15, -0.1) is 0 Å². The van der Waals surface area contributed by atoms with Crippen LogP contribution < -0.4 is 10.1 Å². The highest BCUT2D eigenvalue weighted by molar-refractivity contribution is 7.91. The number of nitrogens with zero attached hydrogens (tertiary/aromatic N) is 2. The van der Waals surface area contributed by atoms with Crippen LogP contribution in [0.4, 0.5) is 22.0 Å². The maximum Gasteiger partial charge on any atom is 0.397 e. The van der Waals surface area contributed by atoms with E-state index < -0.39 is 56.7 Å². The van der Waals surface area contributed by atoms with Gasteiger partial charge in [0.15, 0.2) is 5.69 Å². The lowest BCUT2D eigenvalue weighted by Gasteiger charge is -2.35. The van der Waals surface area contributed by atoms with Crippen LogP contribution in [0.2, 0.25) is 5.02 Å². The van der Waals surface area contributed by atoms with E-state index in [2.05, 4.69) is 15.2 Å². The maximum absolute atomic E-state index is 13.6. The van der Waals surface area contributed by atoms with Gasteiger partial charge in [-0.1, -0.05) is 17.7 Å². The zero-order chi connectivity index (χ0) is 31.3. The highest BCUT2D eigenvalue weighted by Gasteiger charge is 2.67. The van der Waals surface area contributed by atoms with Crippen molar-refractivity contribution in [3.8, 4) is 17.0 Å². The van der Waals surface area contributed by atoms with Gasteiger partial charge in [0.1, 0.15) is 15.6 Å². The molecule has 0 spiro atoms. The number of aliphatic hydroxyl groups is 2. The van der Waals surface area contributed by atoms with Gasteiger partial charge in [-0.3, -0.25) is 9.48 Å². The molecular formula is C26H31ClF5N3O6S. The number of amides is 1. The molecule has 3 N–H and O–H groups in total. The second-order valence-electron chi connectivity index (χ2n) is 11.0. The van der Waals surface area contributed by atoms with Gasteiger partial charge in [0.05, 0.1) is 33.1 Å². The number of hydrogen-bond acceptors (Lipinski definition) is 7. The second-order valence-corrected chi connectivity index (χ2v) is 13.7. The molecule has 0 aliphatic heterocycles. The van der Waals surface area contributed by atoms with Crippen molar-refractivity contribution in [2.45, 2.75) is 81.7 Å². The number of carbonyl (C=O) groups excluding carboxylic acids is 1. The molecule has 2 aliphatic rings. The number of aryl methyl sites for hydroxylation is 1. The molecule has 42 heavy (non-hydrogen) atoms. The van der Waals surface area contributed by atoms with E-state index in [-0.39, 0.29) is 79.2 Å². The Hall–Kier alpha value is -2.49. The maximum atomic E-state index is 13.6. The molecule has 0 saturated heterocycles. The molecule has 16 heteroatoms. The Morgan fingerprint density at radius 1 is 1.24 bits per heavy atom. The van der Waals surface area contributed by atoms with E-state index in [0.717, 1.165) is 18.4 Å². The summed E-state index contributed by atoms with van der Waals surface area (Å²) in [5, 5.41) is 27.3. The monoisotopic (exact) mass is 643 g/mol. The van der Waals surface area contributed by atoms with E-state index in [9.17, 15) is 45.4 Å². The van der Waals surface area contributed by atoms with Crippen molar-refractivity contribution in [1.82, 2.24) is 15.1 Å². The average molecular weight is 644 g/mol. The number of benzene rings is 1. The van der Waals surface area contributed by atoms with Gasteiger partial charge in [0, 0.05) is 24.9 Å². The second kappa shape index (κ2) is 11.5. The molecule has 0 bridgehead atoms. The van der Waals surface area contributed by atoms with Crippen molar-refractivity contribution in [2.75, 3.05) is 12.8 Å². The minimum Gasteiger partial charge on any atom is -0.434 e. The van der Waals surface area contributed by atoms with Crippen molar-refractivity contribution in [3.63, 3.8) is 0 Å². The third-order valence-corrected chi connectivity index (χ3v) is 10.2. The van der Waals surface area contributed by atoms with E-state index in [0.29, 0.717) is 0 Å². The number of sulfone groups is 1. The van der Waals surface area contributed by atoms with Crippen LogP contribution in [-0.2, 0) is 16.4 Å². The summed E-state index contributed by atoms with van der Waals surface area (Å²) in [6.45, 7) is -1.86. The minimum atomic E-state index is -4.71. The van der Waals surface area contributed by atoms with Crippen molar-refractivity contribution in [3.05, 3.63) is 34.5 Å². The van der Waals surface area contributed by atoms with Crippen molar-refractivity contribution < 1.29 is 50.1 Å². The highest BCUT2D eigenvalue weighted by atomic mass is 35.5. The summed E-state index contributed by atoms with van der Waals surface area (Å²) in [5.41, 5.74) is -4.44. The van der Waals surface area contributed by atoms with E-state index >= 15 is 0 Å². The third-order valence-electron chi connectivity index (χ3n) is 8.13. The number of alkyl halides is 5. The largest absolute Gasteiger partial charge is 0.434 e. The van der Waals surface area contributed by atoms with Gasteiger partial charge in [0.2, 0.25) is 0 Å². The Bertz CT molecular complexity index is 1440. The molecule has 2 saturated carbocycles. The Labute approximate surface area is 243 Å². The van der Waals surface area contributed by atoms with Crippen LogP contribution >= 0.6 is 11.6 Å². The van der Waals surface area contributed by atoms with E-state index in [1.165, 1.54) is 10.7 Å². The Morgan fingerprint density at radius 2 is 1.86 bits per heavy atom. The molecule has 2 aromatic rings. The van der Waals surface area contributed by atoms with Crippen LogP contribution in [-0.4, -0.2) is 70.8 Å². The molecule has 2 aliphatic carbocycles. The zero-order valence-electron chi connectivity index (χ0n) is 22.7. The summed E-state index contributed by atoms with van der Waals surface area (Å²) in [6, 6.07) is 3.21. The van der Waals surface area contributed by atoms with Crippen LogP contribution in [0.25, 0.3) is 11.3 Å². The Balaban J connectivity index is 1.60. The van der Waals surface area contributed by atoms with Gasteiger partial charge in [-0.05, 0) is 63.1 Å². The van der Waals surface area contributed by atoms with Gasteiger partial charge in [-0.2, -0.15) is 27.1 Å². The molecule has 1 heterocycles. The fraction of sp³-hybridized carbons (Fsp3) is 0.615. The number of aromatic nitrogens is 2. The third kappa shape index (κ3) is 6.38. The zero-order valence-corrected chi connectivity index (χ0v) is 24.3. The standard InChI is InChI=1S/C26H31ClF5N3O6S/c1-3-35-20(16-5-4-14(12-17(16)41-23(28)29)21(36)25(10-11-25)26(30,31)32)18(27)19(34-35)22(37)33-13-24(38)8-6-15(7-9-24)42(2,39)40/h4-5,12,15,21,23,36,38H,3,6-11,13H2,1-2H3,(H,33,37)/t15-,21-,24+/m1/s1. The van der Waals surface area contributed by atoms with Crippen molar-refractivity contribution in [1.29, 1.82) is 0 Å². The lowest BCUT2D eigenvalue weighted by molar-refractivity contribution is -0.215. The van der Waals surface area contributed by atoms with E-state index in [1.54, 1.807) is 6.92 Å². The molecule has 1 atom stereocenters. The SMILES string of the molecule is CCn1nc(C(=O)NC[C@]2(O)CC[C@@H](S(C)(=O)=O)CC2)c(Cl)c1-c1ccc([C@@H](O)C2(C(F)(F)F)CC2)cc1OC(F)F. The summed E-state index contributed by atoms with van der Waals surface area (Å²) < 4.78 is 96.9. The lowest BCUT2D eigenvalue weighted by Crippen LogP contribution is -2.47. The smallest absolute Gasteiger partial charge is 0.397 e. The van der Waals surface area contributed by atoms with E-state index in [1.807, 2.05) is 0 Å². The molecule has 2 fully saturated rings. The summed E-state index contributed by atoms with van der Waals surface area (Å²) in [7, 11) is -3.27. The molecular weight excluding hydrogens is 613 g/mol. The fourth-order valence-corrected chi connectivity index (χ4v) is 6.81. The Kier molecular flexibility index (Phi) is 8.91. The summed E-state index contributed by atoms with van der Waals surface area (Å²) in [4.78, 5) is 13.0. The van der Waals surface area contributed by atoms with Crippen LogP contribution in [0.15, 0.2) is 18.2 Å². The van der Waals surface area contributed by atoms with Gasteiger partial charge >= 0.3 is 12.8 Å². The predicted octanol–water partition coefficient (Wildman–Crippen LogP) is 4.65. The van der Waals surface area contributed by atoms with Crippen LogP contribution in [0.5, 0.6) is 5.75 Å². The first-order valence-electron chi connectivity index (χ1n) is 13.2. The number of aliphatic hydroxyl groups excluding tert-OH is 1. The predicted molar refractivity (Wildman–Crippen MR) is 142 cm³/mol. The van der Waals surface area contributed by atoms with Gasteiger partial charge in [-0.25, -0.2) is 8.42 Å². The summed E-state index contributed by atoms with van der Waals surface area (Å²) in [6.07, 6.45) is -5.50. The number of halogens is 6. The van der Waals surface area contributed by atoms with Crippen LogP contribution in [0.1, 0.15) is 67.6 Å². The van der Waals surface area contributed by atoms with Crippen molar-refractivity contribution in [2.24, 2.45) is 5.41 Å². The molecule has 0 unspecified atom stereocenters. The van der Waals surface area contributed by atoms with Gasteiger partial charge in [0.25, 0.3) is 5.91 Å². The fourth-order valence-electron chi connectivity index (χ4n) is 5.40. The molecule has 1 amide bonds. The van der Waals surface area contributed by atoms with E-state index in [4.69, 9.17) is 11.6 Å². The molecule has 4 rings (SSSR count). The molecule has 0 radical (unpaired) electrons. The molecule has 234 valence electrons. The summed E-state index contributed by atoms with van der Waals surface area (Å²) in [5.74, 6) is -1.36. The molecule has 9 nitrogen and oxygen atoms in total. The van der Waals surface area contributed by atoms with Crippen LogP contribution in [0.3, 0.4) is 0 Å². The average Bonchev–Trinajstić information content (AvgIpc) is 3.65. The molecule has 1 aromatic carbocycles. The normalized spacial score (nSPS) is 23.1. The number of ether oxygens (including phenoxy) is 1. The number of rotatable bonds is 10. The Morgan fingerprint density at radius 3 is 2.36 bits per heavy atom. The molecule has 1 aromatic heterocycles. The number of hydrogen-bond donors (Lipinski definition) is 3. The quantitative estimate of drug-likeness (QED) is 0.321. The highest BCUT2D eigenvalue weighted by Crippen LogP contribution is 2.64. The minimum absolute atomic E-state index is 0.0228. The first-order valence-corrected chi connectivity index (χ1v) is 15.6. The first kappa shape index (κ1) is 32.4. The number of nitrogens with one attached hydrogen (secondary N) is 1. The topological polar surface area (TPSA) is 131 Å². The number of carbonyl (C=O) groups is 1. The lowest BCUT2D eigenvalue weighted by atomic mass is 9.84. The first-order chi connectivity index (χ1) is 19.4. The van der Waals surface area contributed by atoms with Crippen molar-refractivity contribution >= 4 is 27.3 Å².